The van der Waals surface area contributed by atoms with Gasteiger partial charge in [0.15, 0.2) is 0 Å². The zero-order chi connectivity index (χ0) is 15.1. The van der Waals surface area contributed by atoms with Gasteiger partial charge in [-0.15, -0.1) is 0 Å². The molecule has 0 aliphatic carbocycles. The molecule has 4 heteroatoms. The Morgan fingerprint density at radius 1 is 1.30 bits per heavy atom. The van der Waals surface area contributed by atoms with Crippen molar-refractivity contribution >= 4 is 11.9 Å². The van der Waals surface area contributed by atoms with Gasteiger partial charge in [0.1, 0.15) is 0 Å². The maximum atomic E-state index is 11.7. The molecule has 1 atom stereocenters. The van der Waals surface area contributed by atoms with E-state index in [1.807, 2.05) is 13.8 Å². The summed E-state index contributed by atoms with van der Waals surface area (Å²) >= 11 is 0. The maximum absolute atomic E-state index is 11.7. The fraction of sp³-hybridized carbons (Fsp3) is 0.500. The van der Waals surface area contributed by atoms with Crippen LogP contribution in [0.15, 0.2) is 18.2 Å². The first-order chi connectivity index (χ1) is 9.38. The highest BCUT2D eigenvalue weighted by atomic mass is 16.4. The van der Waals surface area contributed by atoms with E-state index in [4.69, 9.17) is 5.11 Å². The van der Waals surface area contributed by atoms with Gasteiger partial charge in [-0.1, -0.05) is 30.7 Å². The molecule has 1 amide bonds. The number of amides is 1. The summed E-state index contributed by atoms with van der Waals surface area (Å²) in [6.07, 6.45) is 1.23. The van der Waals surface area contributed by atoms with Crippen LogP contribution in [0, 0.1) is 19.8 Å². The van der Waals surface area contributed by atoms with Crippen LogP contribution in [0.5, 0.6) is 0 Å². The Balaban J connectivity index is 2.34. The van der Waals surface area contributed by atoms with Crippen molar-refractivity contribution in [3.05, 3.63) is 34.9 Å². The van der Waals surface area contributed by atoms with E-state index in [9.17, 15) is 9.59 Å². The van der Waals surface area contributed by atoms with Crippen molar-refractivity contribution in [3.63, 3.8) is 0 Å². The molecule has 0 aliphatic rings. The van der Waals surface area contributed by atoms with Gasteiger partial charge < -0.3 is 10.4 Å². The second-order valence-corrected chi connectivity index (χ2v) is 5.44. The van der Waals surface area contributed by atoms with Gasteiger partial charge in [0.2, 0.25) is 5.91 Å². The topological polar surface area (TPSA) is 66.4 Å². The molecule has 0 radical (unpaired) electrons. The fourth-order valence-electron chi connectivity index (χ4n) is 2.12. The average molecular weight is 277 g/mol. The summed E-state index contributed by atoms with van der Waals surface area (Å²) in [6.45, 7) is 6.33. The first-order valence-corrected chi connectivity index (χ1v) is 6.93. The van der Waals surface area contributed by atoms with Crippen molar-refractivity contribution in [1.29, 1.82) is 0 Å². The molecule has 0 saturated heterocycles. The summed E-state index contributed by atoms with van der Waals surface area (Å²) < 4.78 is 0. The van der Waals surface area contributed by atoms with E-state index in [1.165, 1.54) is 16.7 Å². The summed E-state index contributed by atoms with van der Waals surface area (Å²) in [6, 6.07) is 6.22. The van der Waals surface area contributed by atoms with Gasteiger partial charge >= 0.3 is 5.97 Å². The van der Waals surface area contributed by atoms with Crippen LogP contribution in [0.4, 0.5) is 0 Å². The summed E-state index contributed by atoms with van der Waals surface area (Å²) in [5.41, 5.74) is 3.61. The van der Waals surface area contributed by atoms with Gasteiger partial charge in [-0.25, -0.2) is 0 Å². The standard InChI is InChI=1S/C16H23NO3/c1-11-4-5-14(13(3)8-11)6-7-15(18)17-10-12(2)9-16(19)20/h4-5,8,12H,6-7,9-10H2,1-3H3,(H,17,18)(H,19,20). The molecular formula is C16H23NO3. The Morgan fingerprint density at radius 3 is 2.60 bits per heavy atom. The molecule has 0 aromatic heterocycles. The third-order valence-electron chi connectivity index (χ3n) is 3.29. The molecule has 0 spiro atoms. The molecule has 4 nitrogen and oxygen atoms in total. The minimum Gasteiger partial charge on any atom is -0.481 e. The third-order valence-corrected chi connectivity index (χ3v) is 3.29. The number of nitrogens with one attached hydrogen (secondary N) is 1. The molecular weight excluding hydrogens is 254 g/mol. The van der Waals surface area contributed by atoms with Crippen LogP contribution in [-0.4, -0.2) is 23.5 Å². The summed E-state index contributed by atoms with van der Waals surface area (Å²) in [7, 11) is 0. The minimum absolute atomic E-state index is 0.0257. The second kappa shape index (κ2) is 7.68. The Bertz CT molecular complexity index is 483. The zero-order valence-electron chi connectivity index (χ0n) is 12.4. The predicted octanol–water partition coefficient (Wildman–Crippen LogP) is 2.46. The molecule has 20 heavy (non-hydrogen) atoms. The SMILES string of the molecule is Cc1ccc(CCC(=O)NCC(C)CC(=O)O)c(C)c1. The number of aryl methyl sites for hydroxylation is 3. The van der Waals surface area contributed by atoms with Crippen LogP contribution in [-0.2, 0) is 16.0 Å². The second-order valence-electron chi connectivity index (χ2n) is 5.44. The number of benzene rings is 1. The zero-order valence-corrected chi connectivity index (χ0v) is 12.4. The van der Waals surface area contributed by atoms with Crippen molar-refractivity contribution in [2.75, 3.05) is 6.54 Å². The Labute approximate surface area is 120 Å². The van der Waals surface area contributed by atoms with E-state index in [0.717, 1.165) is 0 Å². The number of carbonyl (C=O) groups excluding carboxylic acids is 1. The van der Waals surface area contributed by atoms with Gasteiger partial charge in [0, 0.05) is 19.4 Å². The normalized spacial score (nSPS) is 11.9. The highest BCUT2D eigenvalue weighted by molar-refractivity contribution is 5.76. The van der Waals surface area contributed by atoms with Crippen LogP contribution in [0.25, 0.3) is 0 Å². The molecule has 1 unspecified atom stereocenters. The molecule has 1 rings (SSSR count). The van der Waals surface area contributed by atoms with Crippen molar-refractivity contribution in [3.8, 4) is 0 Å². The van der Waals surface area contributed by atoms with Gasteiger partial charge in [0.05, 0.1) is 0 Å². The number of hydrogen-bond acceptors (Lipinski definition) is 2. The van der Waals surface area contributed by atoms with Crippen molar-refractivity contribution < 1.29 is 14.7 Å². The van der Waals surface area contributed by atoms with Crippen LogP contribution in [0.2, 0.25) is 0 Å². The predicted molar refractivity (Wildman–Crippen MR) is 78.7 cm³/mol. The van der Waals surface area contributed by atoms with E-state index in [-0.39, 0.29) is 18.2 Å². The maximum Gasteiger partial charge on any atom is 0.303 e. The lowest BCUT2D eigenvalue weighted by molar-refractivity contribution is -0.138. The van der Waals surface area contributed by atoms with Crippen LogP contribution >= 0.6 is 0 Å². The van der Waals surface area contributed by atoms with Gasteiger partial charge in [-0.05, 0) is 37.3 Å². The summed E-state index contributed by atoms with van der Waals surface area (Å²) in [4.78, 5) is 22.2. The first kappa shape index (κ1) is 16.2. The lowest BCUT2D eigenvalue weighted by Crippen LogP contribution is -2.29. The first-order valence-electron chi connectivity index (χ1n) is 6.93. The quantitative estimate of drug-likeness (QED) is 0.804. The lowest BCUT2D eigenvalue weighted by Gasteiger charge is -2.11. The van der Waals surface area contributed by atoms with Crippen molar-refractivity contribution in [2.24, 2.45) is 5.92 Å². The lowest BCUT2D eigenvalue weighted by atomic mass is 10.0. The van der Waals surface area contributed by atoms with Crippen molar-refractivity contribution in [2.45, 2.75) is 40.0 Å². The van der Waals surface area contributed by atoms with E-state index in [0.29, 0.717) is 19.4 Å². The largest absolute Gasteiger partial charge is 0.481 e. The number of carboxylic acids is 1. The fourth-order valence-corrected chi connectivity index (χ4v) is 2.12. The molecule has 1 aromatic carbocycles. The number of carbonyl (C=O) groups is 2. The number of hydrogen-bond donors (Lipinski definition) is 2. The van der Waals surface area contributed by atoms with E-state index in [1.54, 1.807) is 0 Å². The summed E-state index contributed by atoms with van der Waals surface area (Å²) in [5.74, 6) is -0.901. The molecule has 0 bridgehead atoms. The molecule has 110 valence electrons. The van der Waals surface area contributed by atoms with E-state index >= 15 is 0 Å². The average Bonchev–Trinajstić information content (AvgIpc) is 2.34. The highest BCUT2D eigenvalue weighted by Crippen LogP contribution is 2.12. The Hall–Kier alpha value is -1.84. The number of carboxylic acid groups (broad SMARTS) is 1. The molecule has 0 heterocycles. The van der Waals surface area contributed by atoms with Gasteiger partial charge in [-0.2, -0.15) is 0 Å². The molecule has 0 saturated carbocycles. The summed E-state index contributed by atoms with van der Waals surface area (Å²) in [5, 5.41) is 11.4. The third kappa shape index (κ3) is 5.87. The molecule has 1 aromatic rings. The number of aliphatic carboxylic acids is 1. The highest BCUT2D eigenvalue weighted by Gasteiger charge is 2.09. The monoisotopic (exact) mass is 277 g/mol. The van der Waals surface area contributed by atoms with Gasteiger partial charge in [0.25, 0.3) is 0 Å². The Kier molecular flexibility index (Phi) is 6.22. The smallest absolute Gasteiger partial charge is 0.303 e. The van der Waals surface area contributed by atoms with Crippen molar-refractivity contribution in [1.82, 2.24) is 5.32 Å². The van der Waals surface area contributed by atoms with E-state index < -0.39 is 5.97 Å². The van der Waals surface area contributed by atoms with Crippen LogP contribution in [0.3, 0.4) is 0 Å². The number of rotatable bonds is 7. The van der Waals surface area contributed by atoms with Gasteiger partial charge in [-0.3, -0.25) is 9.59 Å². The molecule has 2 N–H and O–H groups in total. The van der Waals surface area contributed by atoms with Crippen LogP contribution < -0.4 is 5.32 Å². The minimum atomic E-state index is -0.831. The van der Waals surface area contributed by atoms with E-state index in [2.05, 4.69) is 30.4 Å². The van der Waals surface area contributed by atoms with Crippen LogP contribution in [0.1, 0.15) is 36.5 Å². The molecule has 0 aliphatic heterocycles. The molecule has 0 fully saturated rings. The Morgan fingerprint density at radius 2 is 2.00 bits per heavy atom.